The molecule has 32 heavy (non-hydrogen) atoms. The Morgan fingerprint density at radius 2 is 1.97 bits per heavy atom. The van der Waals surface area contributed by atoms with E-state index in [0.717, 1.165) is 50.3 Å². The first-order valence-electron chi connectivity index (χ1n) is 11.2. The van der Waals surface area contributed by atoms with Crippen LogP contribution in [0.5, 0.6) is 0 Å². The summed E-state index contributed by atoms with van der Waals surface area (Å²) in [4.78, 5) is 18.2. The van der Waals surface area contributed by atoms with E-state index in [1.165, 1.54) is 22.4 Å². The minimum atomic E-state index is -0.00306. The fraction of sp³-hybridized carbons (Fsp3) is 0.542. The number of amides is 1. The molecule has 8 heteroatoms. The molecule has 1 unspecified atom stereocenters. The molecule has 0 spiro atoms. The number of nitrogens with zero attached hydrogens (tertiary/aromatic N) is 4. The number of halogens is 1. The monoisotopic (exact) mass is 552 g/mol. The van der Waals surface area contributed by atoms with Crippen molar-refractivity contribution in [3.05, 3.63) is 52.3 Å². The summed E-state index contributed by atoms with van der Waals surface area (Å²) in [6.45, 7) is 5.12. The zero-order chi connectivity index (χ0) is 22.4. The minimum absolute atomic E-state index is 0. The largest absolute Gasteiger partial charge is 0.356 e. The van der Waals surface area contributed by atoms with Gasteiger partial charge < -0.3 is 15.5 Å². The van der Waals surface area contributed by atoms with Crippen molar-refractivity contribution in [1.82, 2.24) is 25.3 Å². The van der Waals surface area contributed by atoms with Gasteiger partial charge in [-0.3, -0.25) is 9.48 Å². The average molecular weight is 553 g/mol. The van der Waals surface area contributed by atoms with Crippen molar-refractivity contribution < 1.29 is 4.79 Å². The molecule has 2 N–H and O–H groups in total. The van der Waals surface area contributed by atoms with Crippen LogP contribution < -0.4 is 10.6 Å². The Kier molecular flexibility index (Phi) is 9.99. The highest BCUT2D eigenvalue weighted by Gasteiger charge is 2.19. The van der Waals surface area contributed by atoms with Crippen molar-refractivity contribution in [2.45, 2.75) is 52.0 Å². The number of hydrogen-bond donors (Lipinski definition) is 2. The summed E-state index contributed by atoms with van der Waals surface area (Å²) in [7, 11) is 5.51. The molecule has 0 bridgehead atoms. The lowest BCUT2D eigenvalue weighted by Gasteiger charge is -2.27. The normalized spacial score (nSPS) is 15.5. The second kappa shape index (κ2) is 12.2. The van der Waals surface area contributed by atoms with Gasteiger partial charge in [-0.2, -0.15) is 5.10 Å². The fourth-order valence-corrected chi connectivity index (χ4v) is 4.11. The van der Waals surface area contributed by atoms with E-state index in [1.807, 2.05) is 11.7 Å². The Morgan fingerprint density at radius 3 is 2.62 bits per heavy atom. The predicted molar refractivity (Wildman–Crippen MR) is 141 cm³/mol. The molecule has 1 aliphatic carbocycles. The number of rotatable bonds is 7. The maximum Gasteiger partial charge on any atom is 0.243 e. The third-order valence-corrected chi connectivity index (χ3v) is 6.11. The highest BCUT2D eigenvalue weighted by atomic mass is 127. The molecule has 0 saturated heterocycles. The van der Waals surface area contributed by atoms with Gasteiger partial charge in [0, 0.05) is 39.4 Å². The maximum absolute atomic E-state index is 12.0. The zero-order valence-electron chi connectivity index (χ0n) is 19.9. The van der Waals surface area contributed by atoms with Crippen molar-refractivity contribution in [2.75, 3.05) is 27.2 Å². The van der Waals surface area contributed by atoms with Crippen LogP contribution in [0.4, 0.5) is 0 Å². The summed E-state index contributed by atoms with van der Waals surface area (Å²) in [6, 6.07) is 8.96. The standard InChI is InChI=1S/C24H36N6O.HI/c1-17-22(18(2)30(5)28-17)11-8-14-25-24(26-16-23(31)29(3)4)27-21-13-12-19-9-6-7-10-20(19)15-21;/h6-7,9-10,21H,8,11-16H2,1-5H3,(H2,25,26,27);1H. The lowest BCUT2D eigenvalue weighted by molar-refractivity contribution is -0.127. The van der Waals surface area contributed by atoms with Crippen LogP contribution >= 0.6 is 24.0 Å². The minimum Gasteiger partial charge on any atom is -0.356 e. The number of aromatic nitrogens is 2. The summed E-state index contributed by atoms with van der Waals surface area (Å²) < 4.78 is 1.94. The Bertz CT molecular complexity index is 937. The van der Waals surface area contributed by atoms with Crippen LogP contribution in [-0.4, -0.2) is 59.8 Å². The van der Waals surface area contributed by atoms with E-state index in [1.54, 1.807) is 19.0 Å². The molecule has 1 aromatic carbocycles. The van der Waals surface area contributed by atoms with E-state index in [4.69, 9.17) is 0 Å². The van der Waals surface area contributed by atoms with E-state index in [9.17, 15) is 4.79 Å². The molecule has 1 heterocycles. The summed E-state index contributed by atoms with van der Waals surface area (Å²) in [5.74, 6) is 0.718. The van der Waals surface area contributed by atoms with Crippen molar-refractivity contribution in [1.29, 1.82) is 0 Å². The first-order valence-corrected chi connectivity index (χ1v) is 11.2. The number of carbonyl (C=O) groups excluding carboxylic acids is 1. The molecular weight excluding hydrogens is 515 g/mol. The van der Waals surface area contributed by atoms with Crippen molar-refractivity contribution in [3.63, 3.8) is 0 Å². The molecule has 0 saturated carbocycles. The molecule has 7 nitrogen and oxygen atoms in total. The SMILES string of the molecule is Cc1nn(C)c(C)c1CCCNC(=NCC(=O)N(C)C)NC1CCc2ccccc2C1.I. The van der Waals surface area contributed by atoms with Gasteiger partial charge in [-0.15, -0.1) is 24.0 Å². The highest BCUT2D eigenvalue weighted by molar-refractivity contribution is 14.0. The summed E-state index contributed by atoms with van der Waals surface area (Å²) >= 11 is 0. The lowest BCUT2D eigenvalue weighted by atomic mass is 9.88. The van der Waals surface area contributed by atoms with Gasteiger partial charge in [-0.05, 0) is 62.6 Å². The van der Waals surface area contributed by atoms with Crippen molar-refractivity contribution in [2.24, 2.45) is 12.0 Å². The molecule has 1 aromatic heterocycles. The van der Waals surface area contributed by atoms with Crippen molar-refractivity contribution >= 4 is 35.8 Å². The molecule has 1 amide bonds. The summed E-state index contributed by atoms with van der Waals surface area (Å²) in [6.07, 6.45) is 5.06. The molecule has 0 fully saturated rings. The Morgan fingerprint density at radius 1 is 1.25 bits per heavy atom. The molecule has 1 aliphatic rings. The van der Waals surface area contributed by atoms with E-state index in [0.29, 0.717) is 6.04 Å². The number of fused-ring (bicyclic) bond motifs is 1. The summed E-state index contributed by atoms with van der Waals surface area (Å²) in [5.41, 5.74) is 6.49. The lowest BCUT2D eigenvalue weighted by Crippen LogP contribution is -2.46. The van der Waals surface area contributed by atoms with Gasteiger partial charge in [-0.25, -0.2) is 4.99 Å². The molecule has 1 atom stereocenters. The second-order valence-electron chi connectivity index (χ2n) is 8.61. The molecule has 3 rings (SSSR count). The Labute approximate surface area is 209 Å². The van der Waals surface area contributed by atoms with Gasteiger partial charge in [0.1, 0.15) is 6.54 Å². The average Bonchev–Trinajstić information content (AvgIpc) is 2.99. The van der Waals surface area contributed by atoms with Gasteiger partial charge in [-0.1, -0.05) is 24.3 Å². The van der Waals surface area contributed by atoms with Gasteiger partial charge in [0.25, 0.3) is 0 Å². The third-order valence-electron chi connectivity index (χ3n) is 6.11. The second-order valence-corrected chi connectivity index (χ2v) is 8.61. The number of hydrogen-bond acceptors (Lipinski definition) is 3. The van der Waals surface area contributed by atoms with Gasteiger partial charge >= 0.3 is 0 Å². The van der Waals surface area contributed by atoms with E-state index in [-0.39, 0.29) is 36.4 Å². The first-order chi connectivity index (χ1) is 14.8. The maximum atomic E-state index is 12.0. The summed E-state index contributed by atoms with van der Waals surface area (Å²) in [5, 5.41) is 11.5. The molecule has 0 radical (unpaired) electrons. The van der Waals surface area contributed by atoms with Gasteiger partial charge in [0.15, 0.2) is 5.96 Å². The van der Waals surface area contributed by atoms with Crippen LogP contribution in [0.15, 0.2) is 29.3 Å². The number of likely N-dealkylation sites (N-methyl/N-ethyl adjacent to an activating group) is 1. The highest BCUT2D eigenvalue weighted by Crippen LogP contribution is 2.21. The number of nitrogens with one attached hydrogen (secondary N) is 2. The van der Waals surface area contributed by atoms with E-state index in [2.05, 4.69) is 58.8 Å². The van der Waals surface area contributed by atoms with Crippen LogP contribution in [0.25, 0.3) is 0 Å². The third kappa shape index (κ3) is 6.95. The van der Waals surface area contributed by atoms with Gasteiger partial charge in [0.05, 0.1) is 5.69 Å². The molecule has 2 aromatic rings. The molecular formula is C24H37IN6O. The van der Waals surface area contributed by atoms with Crippen LogP contribution in [0.1, 0.15) is 40.9 Å². The van der Waals surface area contributed by atoms with Gasteiger partial charge in [0.2, 0.25) is 5.91 Å². The van der Waals surface area contributed by atoms with Crippen molar-refractivity contribution in [3.8, 4) is 0 Å². The van der Waals surface area contributed by atoms with E-state index < -0.39 is 0 Å². The van der Waals surface area contributed by atoms with Crippen LogP contribution in [0.3, 0.4) is 0 Å². The first kappa shape index (κ1) is 26.2. The van der Waals surface area contributed by atoms with E-state index >= 15 is 0 Å². The number of guanidine groups is 1. The Balaban J connectivity index is 0.00000363. The fourth-order valence-electron chi connectivity index (χ4n) is 4.11. The molecule has 0 aliphatic heterocycles. The van der Waals surface area contributed by atoms with Crippen LogP contribution in [-0.2, 0) is 31.1 Å². The topological polar surface area (TPSA) is 74.5 Å². The number of aryl methyl sites for hydroxylation is 3. The number of aliphatic imine (C=N–C) groups is 1. The zero-order valence-corrected chi connectivity index (χ0v) is 22.3. The number of benzene rings is 1. The number of carbonyl (C=O) groups is 1. The predicted octanol–water partition coefficient (Wildman–Crippen LogP) is 2.77. The smallest absolute Gasteiger partial charge is 0.243 e. The Hall–Kier alpha value is -2.10. The molecule has 176 valence electrons. The van der Waals surface area contributed by atoms with Crippen LogP contribution in [0.2, 0.25) is 0 Å². The van der Waals surface area contributed by atoms with Crippen LogP contribution in [0, 0.1) is 13.8 Å². The quantitative estimate of drug-likeness (QED) is 0.240.